The van der Waals surface area contributed by atoms with Crippen LogP contribution in [0.1, 0.15) is 21.2 Å². The molecule has 0 radical (unpaired) electrons. The van der Waals surface area contributed by atoms with E-state index in [1.165, 1.54) is 11.8 Å². The van der Waals surface area contributed by atoms with Crippen molar-refractivity contribution in [3.05, 3.63) is 136 Å². The van der Waals surface area contributed by atoms with E-state index < -0.39 is 5.25 Å². The van der Waals surface area contributed by atoms with Gasteiger partial charge in [0.15, 0.2) is 0 Å². The zero-order chi connectivity index (χ0) is 26.5. The van der Waals surface area contributed by atoms with Gasteiger partial charge in [-0.1, -0.05) is 89.9 Å². The van der Waals surface area contributed by atoms with E-state index in [0.29, 0.717) is 27.0 Å². The summed E-state index contributed by atoms with van der Waals surface area (Å²) in [5.74, 6) is -0.403. The third-order valence-electron chi connectivity index (χ3n) is 5.89. The van der Waals surface area contributed by atoms with Gasteiger partial charge < -0.3 is 10.6 Å². The Morgan fingerprint density at radius 1 is 0.632 bits per heavy atom. The van der Waals surface area contributed by atoms with E-state index in [-0.39, 0.29) is 11.8 Å². The Labute approximate surface area is 235 Å². The predicted molar refractivity (Wildman–Crippen MR) is 158 cm³/mol. The van der Waals surface area contributed by atoms with Crippen molar-refractivity contribution < 1.29 is 9.59 Å². The van der Waals surface area contributed by atoms with Gasteiger partial charge in [-0.15, -0.1) is 11.8 Å². The lowest BCUT2D eigenvalue weighted by Gasteiger charge is -2.18. The molecule has 0 aliphatic rings. The molecule has 188 valence electrons. The van der Waals surface area contributed by atoms with Crippen molar-refractivity contribution in [3.8, 4) is 0 Å². The molecule has 2 amide bonds. The predicted octanol–water partition coefficient (Wildman–Crippen LogP) is 8.87. The Morgan fingerprint density at radius 2 is 1.37 bits per heavy atom. The highest BCUT2D eigenvalue weighted by atomic mass is 35.5. The molecule has 0 fully saturated rings. The second-order valence-corrected chi connectivity index (χ2v) is 10.6. The number of hydrogen-bond donors (Lipinski definition) is 2. The molecule has 0 saturated heterocycles. The smallest absolute Gasteiger partial charge is 0.255 e. The van der Waals surface area contributed by atoms with Crippen molar-refractivity contribution >= 4 is 68.9 Å². The summed E-state index contributed by atoms with van der Waals surface area (Å²) in [6, 6.07) is 35.5. The number of thioether (sulfide) groups is 1. The molecule has 4 nitrogen and oxygen atoms in total. The number of hydrogen-bond acceptors (Lipinski definition) is 3. The fourth-order valence-electron chi connectivity index (χ4n) is 4.00. The highest BCUT2D eigenvalue weighted by molar-refractivity contribution is 8.00. The van der Waals surface area contributed by atoms with Gasteiger partial charge in [-0.05, 0) is 64.9 Å². The maximum absolute atomic E-state index is 13.4. The fourth-order valence-corrected chi connectivity index (χ4v) is 5.38. The number of fused-ring (bicyclic) bond motifs is 1. The van der Waals surface area contributed by atoms with Gasteiger partial charge in [0.2, 0.25) is 5.91 Å². The lowest BCUT2D eigenvalue weighted by molar-refractivity contribution is -0.115. The third-order valence-corrected chi connectivity index (χ3v) is 7.87. The minimum absolute atomic E-state index is 0.199. The van der Waals surface area contributed by atoms with E-state index in [2.05, 4.69) is 10.6 Å². The SMILES string of the molecule is O=C(Nc1cccc(SC(C(=O)Nc2ccc(Cl)c(Cl)c2)c2ccccc2)c1)c1ccc2ccccc2c1. The first-order valence-corrected chi connectivity index (χ1v) is 13.5. The molecule has 1 atom stereocenters. The molecule has 0 bridgehead atoms. The standard InChI is InChI=1S/C31H22Cl2N2O2S/c32-27-16-15-25(19-28(27)33)35-31(37)29(21-8-2-1-3-9-21)38-26-12-6-11-24(18-26)34-30(36)23-14-13-20-7-4-5-10-22(20)17-23/h1-19,29H,(H,34,36)(H,35,37). The molecule has 7 heteroatoms. The average Bonchev–Trinajstić information content (AvgIpc) is 2.94. The summed E-state index contributed by atoms with van der Waals surface area (Å²) >= 11 is 13.5. The van der Waals surface area contributed by atoms with Gasteiger partial charge >= 0.3 is 0 Å². The second-order valence-electron chi connectivity index (χ2n) is 8.57. The Kier molecular flexibility index (Phi) is 7.99. The summed E-state index contributed by atoms with van der Waals surface area (Å²) in [6.45, 7) is 0. The molecule has 0 aliphatic heterocycles. The van der Waals surface area contributed by atoms with E-state index in [9.17, 15) is 9.59 Å². The van der Waals surface area contributed by atoms with Gasteiger partial charge in [-0.2, -0.15) is 0 Å². The molecular formula is C31H22Cl2N2O2S. The molecule has 38 heavy (non-hydrogen) atoms. The topological polar surface area (TPSA) is 58.2 Å². The van der Waals surface area contributed by atoms with Crippen molar-refractivity contribution in [1.82, 2.24) is 0 Å². The summed E-state index contributed by atoms with van der Waals surface area (Å²) < 4.78 is 0. The van der Waals surface area contributed by atoms with Crippen LogP contribution < -0.4 is 10.6 Å². The Balaban J connectivity index is 1.35. The monoisotopic (exact) mass is 556 g/mol. The highest BCUT2D eigenvalue weighted by Gasteiger charge is 2.23. The van der Waals surface area contributed by atoms with Crippen LogP contribution in [0, 0.1) is 0 Å². The largest absolute Gasteiger partial charge is 0.325 e. The van der Waals surface area contributed by atoms with Crippen LogP contribution in [0.2, 0.25) is 10.0 Å². The Bertz CT molecular complexity index is 1630. The van der Waals surface area contributed by atoms with Crippen LogP contribution in [0.25, 0.3) is 10.8 Å². The molecule has 0 heterocycles. The van der Waals surface area contributed by atoms with Gasteiger partial charge in [0, 0.05) is 21.8 Å². The summed E-state index contributed by atoms with van der Waals surface area (Å²) in [4.78, 5) is 27.2. The van der Waals surface area contributed by atoms with E-state index in [1.54, 1.807) is 18.2 Å². The molecule has 0 aliphatic carbocycles. The van der Waals surface area contributed by atoms with Crippen LogP contribution in [-0.2, 0) is 4.79 Å². The quantitative estimate of drug-likeness (QED) is 0.197. The van der Waals surface area contributed by atoms with Crippen molar-refractivity contribution in [1.29, 1.82) is 0 Å². The van der Waals surface area contributed by atoms with Gasteiger partial charge in [0.25, 0.3) is 5.91 Å². The van der Waals surface area contributed by atoms with E-state index >= 15 is 0 Å². The number of anilines is 2. The summed E-state index contributed by atoms with van der Waals surface area (Å²) in [6.07, 6.45) is 0. The normalized spacial score (nSPS) is 11.6. The fraction of sp³-hybridized carbons (Fsp3) is 0.0323. The number of carbonyl (C=O) groups is 2. The van der Waals surface area contributed by atoms with Crippen LogP contribution in [0.15, 0.2) is 120 Å². The minimum atomic E-state index is -0.544. The first-order valence-electron chi connectivity index (χ1n) is 11.8. The molecule has 0 aromatic heterocycles. The summed E-state index contributed by atoms with van der Waals surface area (Å²) in [5.41, 5.74) is 2.62. The number of halogens is 2. The van der Waals surface area contributed by atoms with E-state index in [4.69, 9.17) is 23.2 Å². The van der Waals surface area contributed by atoms with Gasteiger partial charge in [-0.25, -0.2) is 0 Å². The lowest BCUT2D eigenvalue weighted by Crippen LogP contribution is -2.19. The molecule has 0 spiro atoms. The van der Waals surface area contributed by atoms with E-state index in [1.807, 2.05) is 97.1 Å². The first-order chi connectivity index (χ1) is 18.5. The zero-order valence-corrected chi connectivity index (χ0v) is 22.4. The van der Waals surface area contributed by atoms with Crippen LogP contribution in [0.5, 0.6) is 0 Å². The van der Waals surface area contributed by atoms with Crippen LogP contribution in [0.4, 0.5) is 11.4 Å². The highest BCUT2D eigenvalue weighted by Crippen LogP contribution is 2.37. The summed E-state index contributed by atoms with van der Waals surface area (Å²) in [5, 5.41) is 8.23. The lowest BCUT2D eigenvalue weighted by atomic mass is 10.1. The van der Waals surface area contributed by atoms with Crippen LogP contribution in [-0.4, -0.2) is 11.8 Å². The number of carbonyl (C=O) groups excluding carboxylic acids is 2. The van der Waals surface area contributed by atoms with E-state index in [0.717, 1.165) is 21.2 Å². The Morgan fingerprint density at radius 3 is 2.16 bits per heavy atom. The molecule has 2 N–H and O–H groups in total. The molecule has 5 aromatic carbocycles. The summed E-state index contributed by atoms with van der Waals surface area (Å²) in [7, 11) is 0. The number of benzene rings is 5. The van der Waals surface area contributed by atoms with Gasteiger partial charge in [0.1, 0.15) is 5.25 Å². The number of nitrogens with one attached hydrogen (secondary N) is 2. The molecule has 5 aromatic rings. The van der Waals surface area contributed by atoms with Crippen LogP contribution in [0.3, 0.4) is 0 Å². The van der Waals surface area contributed by atoms with Gasteiger partial charge in [0.05, 0.1) is 10.0 Å². The maximum atomic E-state index is 13.4. The maximum Gasteiger partial charge on any atom is 0.255 e. The molecule has 1 unspecified atom stereocenters. The van der Waals surface area contributed by atoms with Crippen molar-refractivity contribution in [2.24, 2.45) is 0 Å². The van der Waals surface area contributed by atoms with Gasteiger partial charge in [-0.3, -0.25) is 9.59 Å². The average molecular weight is 558 g/mol. The van der Waals surface area contributed by atoms with Crippen molar-refractivity contribution in [2.75, 3.05) is 10.6 Å². The van der Waals surface area contributed by atoms with Crippen LogP contribution >= 0.6 is 35.0 Å². The first kappa shape index (κ1) is 25.9. The molecular weight excluding hydrogens is 535 g/mol. The van der Waals surface area contributed by atoms with Crippen molar-refractivity contribution in [2.45, 2.75) is 10.1 Å². The molecule has 5 rings (SSSR count). The number of amides is 2. The van der Waals surface area contributed by atoms with Crippen molar-refractivity contribution in [3.63, 3.8) is 0 Å². The number of rotatable bonds is 7. The third kappa shape index (κ3) is 6.20. The molecule has 0 saturated carbocycles. The zero-order valence-electron chi connectivity index (χ0n) is 20.0. The second kappa shape index (κ2) is 11.7. The Hall–Kier alpha value is -3.77. The minimum Gasteiger partial charge on any atom is -0.325 e.